The van der Waals surface area contributed by atoms with Crippen LogP contribution in [0.4, 0.5) is 0 Å². The van der Waals surface area contributed by atoms with Crippen LogP contribution in [0.2, 0.25) is 0 Å². The lowest BCUT2D eigenvalue weighted by Gasteiger charge is -2.15. The average Bonchev–Trinajstić information content (AvgIpc) is 3.27. The second-order valence-electron chi connectivity index (χ2n) is 8.13. The van der Waals surface area contributed by atoms with Gasteiger partial charge in [-0.2, -0.15) is 4.98 Å². The van der Waals surface area contributed by atoms with E-state index in [4.69, 9.17) is 9.51 Å². The third-order valence-electron chi connectivity index (χ3n) is 4.86. The first-order valence-electron chi connectivity index (χ1n) is 9.60. The molecule has 0 spiro atoms. The van der Waals surface area contributed by atoms with Gasteiger partial charge in [0.15, 0.2) is 11.0 Å². The topological polar surface area (TPSA) is 56.7 Å². The van der Waals surface area contributed by atoms with Crippen LogP contribution < -0.4 is 0 Å². The predicted molar refractivity (Wildman–Crippen MR) is 107 cm³/mol. The first-order chi connectivity index (χ1) is 12.9. The van der Waals surface area contributed by atoms with E-state index in [1.807, 2.05) is 0 Å². The minimum Gasteiger partial charge on any atom is -0.338 e. The van der Waals surface area contributed by atoms with Crippen LogP contribution in [0.25, 0.3) is 5.69 Å². The molecule has 4 rings (SSSR count). The van der Waals surface area contributed by atoms with Crippen molar-refractivity contribution >= 4 is 11.8 Å². The number of aromatic nitrogens is 4. The Kier molecular flexibility index (Phi) is 4.84. The molecule has 1 aromatic carbocycles. The van der Waals surface area contributed by atoms with Crippen LogP contribution in [0.1, 0.15) is 68.9 Å². The maximum atomic E-state index is 5.55. The van der Waals surface area contributed by atoms with Crippen molar-refractivity contribution in [3.63, 3.8) is 0 Å². The molecule has 27 heavy (non-hydrogen) atoms. The van der Waals surface area contributed by atoms with Crippen LogP contribution in [0, 0.1) is 0 Å². The van der Waals surface area contributed by atoms with Gasteiger partial charge in [0, 0.05) is 16.8 Å². The zero-order valence-corrected chi connectivity index (χ0v) is 17.2. The standard InChI is InChI=1S/C21H26N4OS/c1-14(18-23-19(24-26-18)21(2,3)4)27-20-22-16-12-8-9-13-17(16)25(20)15-10-6-5-7-11-15/h5-7,10-11,14H,8-9,12-13H2,1-4H3. The summed E-state index contributed by atoms with van der Waals surface area (Å²) < 4.78 is 7.87. The van der Waals surface area contributed by atoms with E-state index in [0.717, 1.165) is 23.8 Å². The Morgan fingerprint density at radius 1 is 1.07 bits per heavy atom. The number of hydrogen-bond acceptors (Lipinski definition) is 5. The largest absolute Gasteiger partial charge is 0.338 e. The van der Waals surface area contributed by atoms with Gasteiger partial charge < -0.3 is 4.52 Å². The molecule has 2 heterocycles. The molecule has 0 bridgehead atoms. The molecule has 0 amide bonds. The number of nitrogens with zero attached hydrogens (tertiary/aromatic N) is 4. The van der Waals surface area contributed by atoms with Crippen LogP contribution >= 0.6 is 11.8 Å². The third-order valence-corrected chi connectivity index (χ3v) is 5.90. The highest BCUT2D eigenvalue weighted by Crippen LogP contribution is 2.38. The fraction of sp³-hybridized carbons (Fsp3) is 0.476. The molecule has 1 atom stereocenters. The molecule has 1 aliphatic carbocycles. The number of benzene rings is 1. The smallest absolute Gasteiger partial charge is 0.239 e. The molecule has 6 heteroatoms. The lowest BCUT2D eigenvalue weighted by Crippen LogP contribution is -2.13. The number of fused-ring (bicyclic) bond motifs is 1. The van der Waals surface area contributed by atoms with Gasteiger partial charge in [-0.15, -0.1) is 0 Å². The van der Waals surface area contributed by atoms with Crippen molar-refractivity contribution in [3.8, 4) is 5.69 Å². The average molecular weight is 383 g/mol. The maximum Gasteiger partial charge on any atom is 0.239 e. The Hall–Kier alpha value is -2.08. The van der Waals surface area contributed by atoms with E-state index in [-0.39, 0.29) is 10.7 Å². The van der Waals surface area contributed by atoms with Gasteiger partial charge >= 0.3 is 0 Å². The fourth-order valence-corrected chi connectivity index (χ4v) is 4.35. The number of para-hydroxylation sites is 1. The highest BCUT2D eigenvalue weighted by Gasteiger charge is 2.27. The summed E-state index contributed by atoms with van der Waals surface area (Å²) in [6.45, 7) is 8.38. The van der Waals surface area contributed by atoms with E-state index in [1.54, 1.807) is 11.8 Å². The van der Waals surface area contributed by atoms with E-state index in [1.165, 1.54) is 29.9 Å². The Morgan fingerprint density at radius 2 is 1.81 bits per heavy atom. The molecule has 0 saturated heterocycles. The van der Waals surface area contributed by atoms with Crippen molar-refractivity contribution in [2.45, 2.75) is 69.2 Å². The molecule has 142 valence electrons. The van der Waals surface area contributed by atoms with E-state index in [9.17, 15) is 0 Å². The Labute approximate surface area is 164 Å². The van der Waals surface area contributed by atoms with Gasteiger partial charge in [-0.25, -0.2) is 4.98 Å². The second-order valence-corrected chi connectivity index (χ2v) is 9.44. The van der Waals surface area contributed by atoms with Gasteiger partial charge in [0.25, 0.3) is 0 Å². The number of rotatable bonds is 4. The van der Waals surface area contributed by atoms with Gasteiger partial charge in [0.1, 0.15) is 0 Å². The van der Waals surface area contributed by atoms with Crippen molar-refractivity contribution in [1.82, 2.24) is 19.7 Å². The van der Waals surface area contributed by atoms with Crippen molar-refractivity contribution < 1.29 is 4.52 Å². The van der Waals surface area contributed by atoms with Crippen LogP contribution in [0.3, 0.4) is 0 Å². The van der Waals surface area contributed by atoms with Crippen LogP contribution in [0.15, 0.2) is 40.0 Å². The predicted octanol–water partition coefficient (Wildman–Crippen LogP) is 5.28. The van der Waals surface area contributed by atoms with E-state index in [0.29, 0.717) is 5.89 Å². The number of imidazole rings is 1. The van der Waals surface area contributed by atoms with Crippen molar-refractivity contribution in [2.75, 3.05) is 0 Å². The minimum absolute atomic E-state index is 0.0416. The minimum atomic E-state index is -0.117. The van der Waals surface area contributed by atoms with Gasteiger partial charge in [0.05, 0.1) is 10.9 Å². The first kappa shape index (κ1) is 18.3. The Morgan fingerprint density at radius 3 is 2.52 bits per heavy atom. The summed E-state index contributed by atoms with van der Waals surface area (Å²) in [5.74, 6) is 1.40. The normalized spacial score (nSPS) is 15.6. The van der Waals surface area contributed by atoms with Gasteiger partial charge in [-0.3, -0.25) is 4.57 Å². The number of thioether (sulfide) groups is 1. The summed E-state index contributed by atoms with van der Waals surface area (Å²) in [5.41, 5.74) is 3.64. The second kappa shape index (κ2) is 7.15. The molecule has 0 saturated carbocycles. The molecule has 5 nitrogen and oxygen atoms in total. The van der Waals surface area contributed by atoms with Gasteiger partial charge in [0.2, 0.25) is 5.89 Å². The van der Waals surface area contributed by atoms with Crippen LogP contribution in [0.5, 0.6) is 0 Å². The quantitative estimate of drug-likeness (QED) is 0.574. The summed E-state index contributed by atoms with van der Waals surface area (Å²) in [4.78, 5) is 9.61. The molecule has 3 aromatic rings. The number of aryl methyl sites for hydroxylation is 1. The third kappa shape index (κ3) is 3.68. The zero-order valence-electron chi connectivity index (χ0n) is 16.4. The molecule has 1 aliphatic rings. The molecular weight excluding hydrogens is 356 g/mol. The van der Waals surface area contributed by atoms with E-state index in [2.05, 4.69) is 72.7 Å². The van der Waals surface area contributed by atoms with Crippen molar-refractivity contribution in [3.05, 3.63) is 53.4 Å². The first-order valence-corrected chi connectivity index (χ1v) is 10.5. The van der Waals surface area contributed by atoms with Crippen molar-refractivity contribution in [1.29, 1.82) is 0 Å². The molecule has 2 aromatic heterocycles. The highest BCUT2D eigenvalue weighted by atomic mass is 32.2. The monoisotopic (exact) mass is 382 g/mol. The fourth-order valence-electron chi connectivity index (χ4n) is 3.35. The van der Waals surface area contributed by atoms with Gasteiger partial charge in [-0.1, -0.05) is 55.9 Å². The van der Waals surface area contributed by atoms with Crippen LogP contribution in [-0.2, 0) is 18.3 Å². The SMILES string of the molecule is CC(Sc1nc2c(n1-c1ccccc1)CCCC2)c1nc(C(C)(C)C)no1. The zero-order chi connectivity index (χ0) is 19.0. The summed E-state index contributed by atoms with van der Waals surface area (Å²) >= 11 is 1.69. The highest BCUT2D eigenvalue weighted by molar-refractivity contribution is 7.99. The Bertz CT molecular complexity index is 924. The molecule has 0 fully saturated rings. The Balaban J connectivity index is 1.67. The molecule has 0 aliphatic heterocycles. The summed E-state index contributed by atoms with van der Waals surface area (Å²) in [7, 11) is 0. The van der Waals surface area contributed by atoms with E-state index < -0.39 is 0 Å². The summed E-state index contributed by atoms with van der Waals surface area (Å²) in [6, 6.07) is 10.5. The maximum absolute atomic E-state index is 5.55. The van der Waals surface area contributed by atoms with Gasteiger partial charge in [-0.05, 0) is 44.7 Å². The summed E-state index contributed by atoms with van der Waals surface area (Å²) in [5, 5.41) is 5.22. The number of hydrogen-bond donors (Lipinski definition) is 0. The molecule has 0 radical (unpaired) electrons. The van der Waals surface area contributed by atoms with Crippen LogP contribution in [-0.4, -0.2) is 19.7 Å². The lowest BCUT2D eigenvalue weighted by atomic mass is 9.96. The van der Waals surface area contributed by atoms with Crippen molar-refractivity contribution in [2.24, 2.45) is 0 Å². The lowest BCUT2D eigenvalue weighted by molar-refractivity contribution is 0.364. The molecule has 0 N–H and O–H groups in total. The molecule has 1 unspecified atom stereocenters. The summed E-state index contributed by atoms with van der Waals surface area (Å²) in [6.07, 6.45) is 4.59. The van der Waals surface area contributed by atoms with E-state index >= 15 is 0 Å². The molecular formula is C21H26N4OS.